The van der Waals surface area contributed by atoms with Crippen LogP contribution < -0.4 is 11.1 Å². The third kappa shape index (κ3) is 7.03. The minimum Gasteiger partial charge on any atom is -0.478 e. The highest BCUT2D eigenvalue weighted by Gasteiger charge is 2.33. The average Bonchev–Trinajstić information content (AvgIpc) is 3.33. The van der Waals surface area contributed by atoms with Gasteiger partial charge in [0.05, 0.1) is 16.7 Å². The third-order valence-electron chi connectivity index (χ3n) is 5.17. The van der Waals surface area contributed by atoms with Gasteiger partial charge in [-0.1, -0.05) is 18.2 Å². The fraction of sp³-hybridized carbons (Fsp3) is 0.0769. The largest absolute Gasteiger partial charge is 0.478 e. The van der Waals surface area contributed by atoms with Gasteiger partial charge in [-0.3, -0.25) is 14.3 Å². The second-order valence-corrected chi connectivity index (χ2v) is 7.93. The van der Waals surface area contributed by atoms with Crippen molar-refractivity contribution in [2.75, 3.05) is 5.32 Å². The lowest BCUT2D eigenvalue weighted by atomic mass is 10.0. The highest BCUT2D eigenvalue weighted by Crippen LogP contribution is 2.31. The van der Waals surface area contributed by atoms with E-state index in [1.807, 2.05) is 0 Å². The van der Waals surface area contributed by atoms with E-state index in [2.05, 4.69) is 10.4 Å². The zero-order chi connectivity index (χ0) is 28.9. The molecule has 2 amide bonds. The number of carbonyl (C=O) groups excluding carboxylic acids is 2. The van der Waals surface area contributed by atoms with E-state index in [0.717, 1.165) is 47.1 Å². The molecular weight excluding hydrogens is 527 g/mol. The van der Waals surface area contributed by atoms with E-state index >= 15 is 0 Å². The summed E-state index contributed by atoms with van der Waals surface area (Å²) in [5.41, 5.74) is 4.10. The first-order valence-electron chi connectivity index (χ1n) is 10.9. The summed E-state index contributed by atoms with van der Waals surface area (Å²) in [4.78, 5) is 35.5. The van der Waals surface area contributed by atoms with Crippen molar-refractivity contribution in [1.29, 1.82) is 0 Å². The van der Waals surface area contributed by atoms with Crippen molar-refractivity contribution in [2.24, 2.45) is 12.8 Å². The van der Waals surface area contributed by atoms with E-state index in [9.17, 15) is 36.3 Å². The molecule has 0 saturated heterocycles. The summed E-state index contributed by atoms with van der Waals surface area (Å²) in [6.45, 7) is 0. The Labute approximate surface area is 217 Å². The number of carboxylic acids is 1. The smallest absolute Gasteiger partial charge is 0.435 e. The molecular formula is C26H19F5N4O4. The van der Waals surface area contributed by atoms with Crippen molar-refractivity contribution in [3.05, 3.63) is 107 Å². The summed E-state index contributed by atoms with van der Waals surface area (Å²) in [5.74, 6) is -4.37. The number of para-hydroxylation sites is 1. The van der Waals surface area contributed by atoms with Gasteiger partial charge in [-0.25, -0.2) is 13.6 Å². The van der Waals surface area contributed by atoms with Gasteiger partial charge in [0.25, 0.3) is 5.91 Å². The molecule has 1 heterocycles. The van der Waals surface area contributed by atoms with Gasteiger partial charge in [-0.2, -0.15) is 18.3 Å². The van der Waals surface area contributed by atoms with Crippen LogP contribution in [0.25, 0.3) is 11.1 Å². The number of carbonyl (C=O) groups is 3. The van der Waals surface area contributed by atoms with Crippen molar-refractivity contribution in [3.63, 3.8) is 0 Å². The van der Waals surface area contributed by atoms with E-state index in [0.29, 0.717) is 0 Å². The number of carboxylic acid groups (broad SMARTS) is 1. The average molecular weight is 546 g/mol. The number of amides is 2. The summed E-state index contributed by atoms with van der Waals surface area (Å²) >= 11 is 0. The van der Waals surface area contributed by atoms with Crippen molar-refractivity contribution in [3.8, 4) is 11.1 Å². The maximum atomic E-state index is 14.2. The Balaban J connectivity index is 0.000000353. The highest BCUT2D eigenvalue weighted by atomic mass is 19.4. The first-order chi connectivity index (χ1) is 18.3. The lowest BCUT2D eigenvalue weighted by molar-refractivity contribution is -0.141. The molecule has 4 aromatic rings. The normalized spacial score (nSPS) is 10.8. The number of halogens is 5. The summed E-state index contributed by atoms with van der Waals surface area (Å²) in [7, 11) is 1.44. The van der Waals surface area contributed by atoms with Crippen LogP contribution in [0.5, 0.6) is 0 Å². The van der Waals surface area contributed by atoms with Crippen LogP contribution in [0.2, 0.25) is 0 Å². The number of aromatic carboxylic acids is 1. The number of aromatic nitrogens is 2. The monoisotopic (exact) mass is 546 g/mol. The maximum Gasteiger partial charge on any atom is 0.435 e. The van der Waals surface area contributed by atoms with Crippen LogP contribution in [-0.4, -0.2) is 32.7 Å². The summed E-state index contributed by atoms with van der Waals surface area (Å²) in [5, 5.41) is 14.8. The van der Waals surface area contributed by atoms with Gasteiger partial charge < -0.3 is 16.2 Å². The van der Waals surface area contributed by atoms with Crippen molar-refractivity contribution < 1.29 is 41.4 Å². The Morgan fingerprint density at radius 1 is 0.923 bits per heavy atom. The standard InChI is InChI=1S/C21H14F2N2O4.C5H5F3N2/c22-12-6-8-17(23)15(10-12)13-3-1-2-4-18(13)25-20(27)14-7-5-11(21(28)29)9-16(14)19(24)26;1-10-3-2-4(9-10)5(6,7)8/h1-10H,(H2,24,26)(H,25,27)(H,28,29);2-3H,1H3. The van der Waals surface area contributed by atoms with E-state index in [1.54, 1.807) is 12.1 Å². The molecule has 0 saturated carbocycles. The van der Waals surface area contributed by atoms with Gasteiger partial charge in [0.2, 0.25) is 5.91 Å². The fourth-order valence-corrected chi connectivity index (χ4v) is 3.37. The molecule has 3 aromatic carbocycles. The Hall–Kier alpha value is -5.07. The lowest BCUT2D eigenvalue weighted by Gasteiger charge is -2.13. The molecule has 8 nitrogen and oxygen atoms in total. The quantitative estimate of drug-likeness (QED) is 0.300. The molecule has 0 aliphatic rings. The number of aryl methyl sites for hydroxylation is 1. The van der Waals surface area contributed by atoms with Crippen molar-refractivity contribution >= 4 is 23.5 Å². The summed E-state index contributed by atoms with van der Waals surface area (Å²) in [6, 6.07) is 13.3. The topological polar surface area (TPSA) is 127 Å². The van der Waals surface area contributed by atoms with E-state index in [1.165, 1.54) is 25.4 Å². The predicted molar refractivity (Wildman–Crippen MR) is 130 cm³/mol. The van der Waals surface area contributed by atoms with Crippen LogP contribution in [0.3, 0.4) is 0 Å². The fourth-order valence-electron chi connectivity index (χ4n) is 3.37. The second kappa shape index (κ2) is 11.5. The summed E-state index contributed by atoms with van der Waals surface area (Å²) in [6.07, 6.45) is -3.07. The van der Waals surface area contributed by atoms with Crippen LogP contribution in [0, 0.1) is 11.6 Å². The molecule has 4 rings (SSSR count). The van der Waals surface area contributed by atoms with Gasteiger partial charge in [0.15, 0.2) is 5.69 Å². The summed E-state index contributed by atoms with van der Waals surface area (Å²) < 4.78 is 64.1. The number of rotatable bonds is 5. The molecule has 0 radical (unpaired) electrons. The van der Waals surface area contributed by atoms with Gasteiger partial charge in [0.1, 0.15) is 11.6 Å². The molecule has 0 unspecified atom stereocenters. The number of benzene rings is 3. The van der Waals surface area contributed by atoms with Crippen molar-refractivity contribution in [2.45, 2.75) is 6.18 Å². The predicted octanol–water partition coefficient (Wildman–Crippen LogP) is 5.12. The molecule has 0 fully saturated rings. The zero-order valence-corrected chi connectivity index (χ0v) is 20.0. The molecule has 202 valence electrons. The third-order valence-corrected chi connectivity index (χ3v) is 5.17. The molecule has 0 aliphatic heterocycles. The SMILES string of the molecule is Cn1ccc(C(F)(F)F)n1.NC(=O)c1cc(C(=O)O)ccc1C(=O)Nc1ccccc1-c1cc(F)ccc1F. The highest BCUT2D eigenvalue weighted by molar-refractivity contribution is 6.13. The molecule has 0 bridgehead atoms. The van der Waals surface area contributed by atoms with Crippen LogP contribution >= 0.6 is 0 Å². The first-order valence-corrected chi connectivity index (χ1v) is 10.9. The van der Waals surface area contributed by atoms with Crippen LogP contribution in [0.4, 0.5) is 27.6 Å². The number of hydrogen-bond acceptors (Lipinski definition) is 4. The number of primary amides is 1. The van der Waals surface area contributed by atoms with E-state index < -0.39 is 41.3 Å². The van der Waals surface area contributed by atoms with Gasteiger partial charge in [0, 0.05) is 30.1 Å². The van der Waals surface area contributed by atoms with Crippen LogP contribution in [-0.2, 0) is 13.2 Å². The molecule has 39 heavy (non-hydrogen) atoms. The molecule has 1 aromatic heterocycles. The Bertz CT molecular complexity index is 1550. The van der Waals surface area contributed by atoms with E-state index in [4.69, 9.17) is 10.8 Å². The molecule has 13 heteroatoms. The second-order valence-electron chi connectivity index (χ2n) is 7.93. The minimum atomic E-state index is -4.32. The minimum absolute atomic E-state index is 0.0581. The Kier molecular flexibility index (Phi) is 8.44. The maximum absolute atomic E-state index is 14.2. The lowest BCUT2D eigenvalue weighted by Crippen LogP contribution is -2.21. The number of anilines is 1. The number of nitrogens with one attached hydrogen (secondary N) is 1. The Morgan fingerprint density at radius 2 is 1.62 bits per heavy atom. The molecule has 0 aliphatic carbocycles. The van der Waals surface area contributed by atoms with Gasteiger partial charge in [-0.15, -0.1) is 0 Å². The molecule has 4 N–H and O–H groups in total. The first kappa shape index (κ1) is 28.5. The van der Waals surface area contributed by atoms with Gasteiger partial charge in [-0.05, 0) is 48.5 Å². The van der Waals surface area contributed by atoms with Crippen LogP contribution in [0.15, 0.2) is 72.9 Å². The zero-order valence-electron chi connectivity index (χ0n) is 20.0. The number of nitrogens with zero attached hydrogens (tertiary/aromatic N) is 2. The van der Waals surface area contributed by atoms with Crippen molar-refractivity contribution in [1.82, 2.24) is 9.78 Å². The number of hydrogen-bond donors (Lipinski definition) is 3. The van der Waals surface area contributed by atoms with E-state index in [-0.39, 0.29) is 33.5 Å². The Morgan fingerprint density at radius 3 is 2.18 bits per heavy atom. The number of nitrogens with two attached hydrogens (primary N) is 1. The molecule has 0 spiro atoms. The van der Waals surface area contributed by atoms with Gasteiger partial charge >= 0.3 is 12.1 Å². The molecule has 0 atom stereocenters. The van der Waals surface area contributed by atoms with Crippen LogP contribution in [0.1, 0.15) is 36.8 Å². The number of alkyl halides is 3.